The van der Waals surface area contributed by atoms with Crippen molar-refractivity contribution in [3.05, 3.63) is 105 Å². The number of benzene rings is 3. The fourth-order valence-electron chi connectivity index (χ4n) is 6.13. The molecule has 1 N–H and O–H groups in total. The van der Waals surface area contributed by atoms with Gasteiger partial charge in [-0.2, -0.15) is 18.3 Å². The number of nitrogens with zero attached hydrogens (tertiary/aromatic N) is 3. The summed E-state index contributed by atoms with van der Waals surface area (Å²) in [7, 11) is 1.82. The maximum absolute atomic E-state index is 15.1. The van der Waals surface area contributed by atoms with Crippen molar-refractivity contribution in [1.29, 1.82) is 0 Å². The van der Waals surface area contributed by atoms with Crippen molar-refractivity contribution in [2.45, 2.75) is 59.7 Å². The SMILES string of the molecule is Cc1cc(OCCCc2c(C(F)(F)F)n(Cc3ccc(CC(=O)O)cc3)c3c(-c4c(C)nn(C)c4C)cccc23)cc(C)c1Cl. The monoisotopic (exact) mass is 637 g/mol. The van der Waals surface area contributed by atoms with E-state index < -0.39 is 17.8 Å². The molecular weight excluding hydrogens is 603 g/mol. The first kappa shape index (κ1) is 32.2. The molecule has 5 aromatic rings. The quantitative estimate of drug-likeness (QED) is 0.156. The molecule has 0 aliphatic carbocycles. The van der Waals surface area contributed by atoms with E-state index in [9.17, 15) is 4.79 Å². The van der Waals surface area contributed by atoms with Crippen LogP contribution in [0.4, 0.5) is 13.2 Å². The number of aliphatic carboxylic acids is 1. The Kier molecular flexibility index (Phi) is 9.03. The zero-order valence-corrected chi connectivity index (χ0v) is 26.6. The molecule has 0 saturated carbocycles. The molecule has 10 heteroatoms. The van der Waals surface area contributed by atoms with Crippen LogP contribution in [0.5, 0.6) is 5.75 Å². The van der Waals surface area contributed by atoms with E-state index in [1.165, 1.54) is 4.57 Å². The largest absolute Gasteiger partial charge is 0.494 e. The molecule has 0 amide bonds. The first-order chi connectivity index (χ1) is 21.3. The Bertz CT molecular complexity index is 1870. The Morgan fingerprint density at radius 3 is 2.22 bits per heavy atom. The smallest absolute Gasteiger partial charge is 0.431 e. The lowest BCUT2D eigenvalue weighted by Gasteiger charge is -2.17. The summed E-state index contributed by atoms with van der Waals surface area (Å²) in [5.74, 6) is -0.343. The van der Waals surface area contributed by atoms with E-state index in [1.54, 1.807) is 41.1 Å². The van der Waals surface area contributed by atoms with Crippen molar-refractivity contribution in [2.75, 3.05) is 6.61 Å². The minimum absolute atomic E-state index is 0.0477. The van der Waals surface area contributed by atoms with Crippen LogP contribution in [0.2, 0.25) is 5.02 Å². The summed E-state index contributed by atoms with van der Waals surface area (Å²) >= 11 is 6.28. The average molecular weight is 638 g/mol. The van der Waals surface area contributed by atoms with E-state index in [4.69, 9.17) is 21.4 Å². The molecule has 2 heterocycles. The Hall–Kier alpha value is -4.24. The van der Waals surface area contributed by atoms with Gasteiger partial charge < -0.3 is 14.4 Å². The van der Waals surface area contributed by atoms with Gasteiger partial charge >= 0.3 is 12.1 Å². The highest BCUT2D eigenvalue weighted by molar-refractivity contribution is 6.32. The summed E-state index contributed by atoms with van der Waals surface area (Å²) in [5.41, 5.74) is 6.01. The van der Waals surface area contributed by atoms with Crippen molar-refractivity contribution >= 4 is 28.5 Å². The minimum atomic E-state index is -4.64. The maximum Gasteiger partial charge on any atom is 0.431 e. The van der Waals surface area contributed by atoms with Crippen LogP contribution in [0.25, 0.3) is 22.0 Å². The van der Waals surface area contributed by atoms with Crippen LogP contribution in [0.1, 0.15) is 51.3 Å². The molecule has 236 valence electrons. The van der Waals surface area contributed by atoms with E-state index in [1.807, 2.05) is 52.9 Å². The second kappa shape index (κ2) is 12.6. The molecule has 0 radical (unpaired) electrons. The predicted octanol–water partition coefficient (Wildman–Crippen LogP) is 8.63. The van der Waals surface area contributed by atoms with Gasteiger partial charge in [0.25, 0.3) is 0 Å². The number of hydrogen-bond acceptors (Lipinski definition) is 3. The number of carboxylic acids is 1. The third kappa shape index (κ3) is 6.59. The normalized spacial score (nSPS) is 11.8. The standard InChI is InChI=1S/C35H35ClF3N3O3/c1-20-16-26(17-21(2)32(20)36)45-15-7-10-28-27-8-6-9-29(31-22(3)40-41(5)23(31)4)33(27)42(34(28)35(37,38)39)19-25-13-11-24(12-14-25)18-30(43)44/h6,8-9,11-14,16-17H,7,10,15,18-19H2,1-5H3,(H,43,44). The highest BCUT2D eigenvalue weighted by atomic mass is 35.5. The molecule has 0 saturated heterocycles. The molecule has 0 bridgehead atoms. The first-order valence-electron chi connectivity index (χ1n) is 14.7. The maximum atomic E-state index is 15.1. The van der Waals surface area contributed by atoms with Crippen molar-refractivity contribution in [3.8, 4) is 16.9 Å². The molecule has 2 aromatic heterocycles. The van der Waals surface area contributed by atoms with Crippen LogP contribution in [0, 0.1) is 27.7 Å². The van der Waals surface area contributed by atoms with Gasteiger partial charge in [-0.05, 0) is 80.5 Å². The lowest BCUT2D eigenvalue weighted by atomic mass is 9.98. The van der Waals surface area contributed by atoms with Crippen LogP contribution in [-0.4, -0.2) is 32.0 Å². The van der Waals surface area contributed by atoms with Gasteiger partial charge in [0.05, 0.1) is 24.2 Å². The number of para-hydroxylation sites is 1. The Morgan fingerprint density at radius 1 is 1.00 bits per heavy atom. The van der Waals surface area contributed by atoms with Crippen LogP contribution < -0.4 is 4.74 Å². The fourth-order valence-corrected chi connectivity index (χ4v) is 6.24. The molecule has 0 atom stereocenters. The number of alkyl halides is 3. The highest BCUT2D eigenvalue weighted by Crippen LogP contribution is 2.43. The van der Waals surface area contributed by atoms with Crippen molar-refractivity contribution < 1.29 is 27.8 Å². The van der Waals surface area contributed by atoms with Gasteiger partial charge in [0, 0.05) is 40.8 Å². The van der Waals surface area contributed by atoms with E-state index in [2.05, 4.69) is 5.10 Å². The Morgan fingerprint density at radius 2 is 1.64 bits per heavy atom. The summed E-state index contributed by atoms with van der Waals surface area (Å²) in [5, 5.41) is 14.9. The third-order valence-electron chi connectivity index (χ3n) is 8.20. The number of aryl methyl sites for hydroxylation is 5. The fraction of sp³-hybridized carbons (Fsp3) is 0.314. The van der Waals surface area contributed by atoms with Crippen LogP contribution in [0.3, 0.4) is 0 Å². The molecule has 6 nitrogen and oxygen atoms in total. The van der Waals surface area contributed by atoms with Crippen molar-refractivity contribution in [2.24, 2.45) is 7.05 Å². The van der Waals surface area contributed by atoms with E-state index in [-0.39, 0.29) is 31.6 Å². The predicted molar refractivity (Wildman–Crippen MR) is 170 cm³/mol. The molecule has 0 aliphatic heterocycles. The van der Waals surface area contributed by atoms with Gasteiger partial charge in [-0.1, -0.05) is 54.1 Å². The topological polar surface area (TPSA) is 69.3 Å². The van der Waals surface area contributed by atoms with E-state index >= 15 is 13.2 Å². The number of fused-ring (bicyclic) bond motifs is 1. The van der Waals surface area contributed by atoms with Crippen LogP contribution in [0.15, 0.2) is 54.6 Å². The molecule has 5 rings (SSSR count). The minimum Gasteiger partial charge on any atom is -0.494 e. The van der Waals surface area contributed by atoms with Gasteiger partial charge in [-0.3, -0.25) is 9.48 Å². The Balaban J connectivity index is 1.61. The van der Waals surface area contributed by atoms with Gasteiger partial charge in [0.2, 0.25) is 0 Å². The number of hydrogen-bond donors (Lipinski definition) is 1. The average Bonchev–Trinajstić information content (AvgIpc) is 3.42. The molecule has 45 heavy (non-hydrogen) atoms. The zero-order chi connectivity index (χ0) is 32.6. The van der Waals surface area contributed by atoms with E-state index in [0.717, 1.165) is 28.1 Å². The molecule has 3 aromatic carbocycles. The van der Waals surface area contributed by atoms with Crippen molar-refractivity contribution in [1.82, 2.24) is 14.3 Å². The van der Waals surface area contributed by atoms with Gasteiger partial charge in [-0.15, -0.1) is 0 Å². The number of aromatic nitrogens is 3. The van der Waals surface area contributed by atoms with Crippen LogP contribution in [-0.2, 0) is 37.4 Å². The molecule has 0 fully saturated rings. The summed E-state index contributed by atoms with van der Waals surface area (Å²) in [6.45, 7) is 7.72. The van der Waals surface area contributed by atoms with Gasteiger partial charge in [-0.25, -0.2) is 0 Å². The summed E-state index contributed by atoms with van der Waals surface area (Å²) < 4.78 is 54.4. The van der Waals surface area contributed by atoms with Crippen molar-refractivity contribution in [3.63, 3.8) is 0 Å². The highest BCUT2D eigenvalue weighted by Gasteiger charge is 2.39. The first-order valence-corrected chi connectivity index (χ1v) is 15.0. The Labute approximate surface area is 265 Å². The van der Waals surface area contributed by atoms with E-state index in [0.29, 0.717) is 44.8 Å². The third-order valence-corrected chi connectivity index (χ3v) is 8.80. The summed E-state index contributed by atoms with van der Waals surface area (Å²) in [6.07, 6.45) is -4.29. The number of rotatable bonds is 10. The lowest BCUT2D eigenvalue weighted by Crippen LogP contribution is -2.17. The summed E-state index contributed by atoms with van der Waals surface area (Å²) in [4.78, 5) is 11.2. The molecule has 0 spiro atoms. The number of ether oxygens (including phenoxy) is 1. The second-order valence-corrected chi connectivity index (χ2v) is 11.9. The molecule has 0 unspecified atom stereocenters. The number of halogens is 4. The van der Waals surface area contributed by atoms with Gasteiger partial charge in [0.15, 0.2) is 0 Å². The number of carboxylic acid groups (broad SMARTS) is 1. The lowest BCUT2D eigenvalue weighted by molar-refractivity contribution is -0.143. The molecule has 0 aliphatic rings. The van der Waals surface area contributed by atoms with Crippen LogP contribution >= 0.6 is 11.6 Å². The second-order valence-electron chi connectivity index (χ2n) is 11.5. The molecular formula is C35H35ClF3N3O3. The van der Waals surface area contributed by atoms with Gasteiger partial charge in [0.1, 0.15) is 11.4 Å². The summed E-state index contributed by atoms with van der Waals surface area (Å²) in [6, 6.07) is 15.7. The number of carbonyl (C=O) groups is 1. The zero-order valence-electron chi connectivity index (χ0n) is 25.8.